The second kappa shape index (κ2) is 47.9. The number of alkyl halides is 2. The predicted molar refractivity (Wildman–Crippen MR) is 608 cm³/mol. The Balaban J connectivity index is 0.000000281. The molecule has 13 aromatic rings. The second-order valence-electron chi connectivity index (χ2n) is 41.9. The van der Waals surface area contributed by atoms with E-state index < -0.39 is 37.2 Å². The molecule has 14 nitrogen and oxygen atoms in total. The van der Waals surface area contributed by atoms with E-state index in [9.17, 15) is 18.9 Å². The van der Waals surface area contributed by atoms with E-state index in [1.807, 2.05) is 50.2 Å². The topological polar surface area (TPSA) is 163 Å². The van der Waals surface area contributed by atoms with Crippen molar-refractivity contribution in [3.63, 3.8) is 0 Å². The van der Waals surface area contributed by atoms with E-state index in [0.29, 0.717) is 5.30 Å². The van der Waals surface area contributed by atoms with Crippen molar-refractivity contribution in [2.24, 2.45) is 0 Å². The molecule has 0 fully saturated rings. The molecule has 148 heavy (non-hydrogen) atoms. The molecule has 0 amide bonds. The van der Waals surface area contributed by atoms with Gasteiger partial charge in [0, 0.05) is 138 Å². The third kappa shape index (κ3) is 22.9. The number of rotatable bonds is 14. The molecule has 13 heterocycles. The molecule has 8 aliphatic rings. The molecule has 742 valence electrons. The van der Waals surface area contributed by atoms with Crippen molar-refractivity contribution in [1.82, 2.24) is 29.1 Å². The smallest absolute Gasteiger partial charge is 0.657 e. The number of nitrogens with zero attached hydrogens (tertiary/aromatic N) is 8. The first-order chi connectivity index (χ1) is 66.2. The first kappa shape index (κ1) is 124. The quantitative estimate of drug-likeness (QED) is 0.0464. The van der Waals surface area contributed by atoms with Crippen molar-refractivity contribution in [2.45, 2.75) is 212 Å². The summed E-state index contributed by atoms with van der Waals surface area (Å²) in [7, 11) is -9.21. The van der Waals surface area contributed by atoms with Crippen LogP contribution in [-0.2, 0) is 141 Å². The zero-order chi connectivity index (χ0) is 101. The van der Waals surface area contributed by atoms with Gasteiger partial charge in [-0.2, -0.15) is 9.13 Å². The van der Waals surface area contributed by atoms with Gasteiger partial charge in [0.2, 0.25) is 22.8 Å². The summed E-state index contributed by atoms with van der Waals surface area (Å²) in [4.78, 5) is 42.5. The van der Waals surface area contributed by atoms with Crippen molar-refractivity contribution in [1.29, 1.82) is 0 Å². The molecule has 0 saturated carbocycles. The van der Waals surface area contributed by atoms with E-state index >= 15 is 0 Å². The van der Waals surface area contributed by atoms with Gasteiger partial charge in [-0.05, 0) is 345 Å². The number of halogens is 2. The normalized spacial score (nSPS) is 14.3. The van der Waals surface area contributed by atoms with Crippen molar-refractivity contribution in [2.75, 3.05) is 18.6 Å². The van der Waals surface area contributed by atoms with Crippen LogP contribution in [0.2, 0.25) is 52.4 Å². The third-order valence-electron chi connectivity index (χ3n) is 26.5. The Hall–Kier alpha value is -7.99. The monoisotopic (exact) mass is 2380 g/mol. The molecule has 8 bridgehead atoms. The number of fused-ring (bicyclic) bond motifs is 8. The Kier molecular flexibility index (Phi) is 40.0. The summed E-state index contributed by atoms with van der Waals surface area (Å²) in [5, 5.41) is 2.85. The fourth-order valence-corrected chi connectivity index (χ4v) is 24.7. The van der Waals surface area contributed by atoms with Gasteiger partial charge in [-0.15, -0.1) is 45.3 Å². The maximum Gasteiger partial charge on any atom is 2.00 e. The fraction of sp³-hybridized carbons (Fsp3) is 0.279. The number of hydrogen-bond donors (Lipinski definition) is 2. The molecule has 1 atom stereocenters. The van der Waals surface area contributed by atoms with Crippen molar-refractivity contribution < 1.29 is 154 Å². The molecule has 26 heteroatoms. The van der Waals surface area contributed by atoms with Gasteiger partial charge in [-0.25, -0.2) is 9.97 Å². The molecule has 5 aromatic heterocycles. The van der Waals surface area contributed by atoms with E-state index in [4.69, 9.17) is 52.2 Å². The summed E-state index contributed by atoms with van der Waals surface area (Å²) in [5.74, 6) is -0.942. The average Bonchev–Trinajstić information content (AvgIpc) is 1.45. The third-order valence-corrected chi connectivity index (χ3v) is 29.6. The maximum atomic E-state index is 13.9. The van der Waals surface area contributed by atoms with Gasteiger partial charge < -0.3 is 28.8 Å². The SMILES string of the molecule is C.C.CCOP(=O)(OCC)c1ccc(-c2c3nc(c(-c4c(C)cc(C)cc4C)c4ccc([n-]4)c(-c4c(C)cc(C)cc4C)c4nc(c(-c5c(C)cc(C)cc5C)c5ccc2[n-]5)C=C4)C=C3)cc1.C[Si](C)(C)C.C[Si](C)(C)C.Cc1cc(C)c(C2=C3C=CC4=[N+]3C35n6c2ccc6C(c2c(C)cc(C)cc2C)=C2C=CC(=[N+]23)C(c2c(C)cc(C)cc2C)=c2ccc(n25)=C4c2ccc(P(=O)(O)O)cc2)c(C)c1.ClCCl.[Zn+2].[Zn].[Zn].[Zn].[Zn].[Zn]. The zero-order valence-electron chi connectivity index (χ0n) is 90.4. The number of allylic oxidation sites excluding steroid dienone is 4. The van der Waals surface area contributed by atoms with Gasteiger partial charge >= 0.3 is 40.6 Å². The van der Waals surface area contributed by atoms with E-state index in [2.05, 4.69) is 365 Å². The summed E-state index contributed by atoms with van der Waals surface area (Å²) < 4.78 is 48.3. The summed E-state index contributed by atoms with van der Waals surface area (Å²) in [6.07, 6.45) is 17.7. The van der Waals surface area contributed by atoms with Crippen LogP contribution < -0.4 is 31.3 Å². The number of benzene rings is 8. The number of aromatic nitrogens is 6. The van der Waals surface area contributed by atoms with Crippen molar-refractivity contribution in [3.05, 3.63) is 373 Å². The standard InChI is InChI=1S/C57H55N4O3P.C54H45N4O3P.2C4H12Si.CH2Cl2.2CH4.6Zn/c1-12-63-65(62,64-13-2)42-16-14-41(15-17-42)54-43-18-20-45(58-43)55(51-35(6)26-32(3)27-36(51)7)47-22-24-49(60-47)57(53-39(10)30-34(5)31-40(53)11)50-25-23-48(61-50)56(46-21-19-44(54)59-46)52-37(8)28-33(4)29-38(52)9;1-28-22-31(4)47(32(5)23-28)51-41-16-14-39-50(37-10-12-38(13-11-37)62(59,60)61)40-15-17-42-52(48-33(6)24-29(2)25-34(48)7)44-19-21-46-53(49-35(8)26-30(3)27-36(49)9)45-20-18-43(51)57(45)54(55(39)41,56(40)42)58(44)46;2*1-5(2,3)4;2-1-3;;;;;;;;/h14-31H,12-13H2,1-11H3;10-27H,1-9H3;2*1-4H3;1H2;2*1H4;;;;;;/q-2;;;;;;;;;;;;+2/p+2. The summed E-state index contributed by atoms with van der Waals surface area (Å²) in [5.41, 5.74) is 52.1. The van der Waals surface area contributed by atoms with Gasteiger partial charge in [0.15, 0.2) is 0 Å². The minimum atomic E-state index is -4.46. The van der Waals surface area contributed by atoms with E-state index in [0.717, 1.165) is 168 Å². The van der Waals surface area contributed by atoms with Gasteiger partial charge in [0.25, 0.3) is 0 Å². The average molecular weight is 2390 g/mol. The minimum absolute atomic E-state index is 0. The molecule has 1 spiro atoms. The molecule has 0 aliphatic carbocycles. The number of aryl methyl sites for hydroxylation is 18. The Morgan fingerprint density at radius 2 is 0.595 bits per heavy atom. The van der Waals surface area contributed by atoms with Crippen LogP contribution in [0.3, 0.4) is 0 Å². The Morgan fingerprint density at radius 1 is 0.338 bits per heavy atom. The van der Waals surface area contributed by atoms with E-state index in [1.54, 1.807) is 12.1 Å². The fourth-order valence-electron chi connectivity index (χ4n) is 22.5. The maximum absolute atomic E-state index is 13.9. The van der Waals surface area contributed by atoms with Crippen LogP contribution in [0, 0.1) is 125 Å². The first-order valence-electron chi connectivity index (χ1n) is 48.4. The van der Waals surface area contributed by atoms with E-state index in [-0.39, 0.29) is 156 Å². The van der Waals surface area contributed by atoms with Crippen LogP contribution in [0.1, 0.15) is 185 Å². The van der Waals surface area contributed by atoms with Crippen LogP contribution in [-0.4, -0.2) is 84.2 Å². The molecular weight excluding hydrogens is 2250 g/mol. The molecule has 2 N–H and O–H groups in total. The van der Waals surface area contributed by atoms with Crippen molar-refractivity contribution >= 4 is 145 Å². The Bertz CT molecular complexity index is 7950. The molecule has 1 unspecified atom stereocenters. The number of hydrogen-bond acceptors (Lipinski definition) is 6. The zero-order valence-corrected chi connectivity index (χ0v) is 114. The van der Waals surface area contributed by atoms with Gasteiger partial charge in [-0.3, -0.25) is 9.13 Å². The van der Waals surface area contributed by atoms with Gasteiger partial charge in [0.1, 0.15) is 0 Å². The summed E-state index contributed by atoms with van der Waals surface area (Å²) in [6, 6.07) is 59.5. The molecule has 21 rings (SSSR count). The van der Waals surface area contributed by atoms with Gasteiger partial charge in [-0.1, -0.05) is 231 Å². The largest absolute Gasteiger partial charge is 2.00 e. The molecule has 0 saturated heterocycles. The van der Waals surface area contributed by atoms with Crippen LogP contribution in [0.15, 0.2) is 206 Å². The van der Waals surface area contributed by atoms with Crippen LogP contribution in [0.25, 0.3) is 113 Å². The predicted octanol–water partition coefficient (Wildman–Crippen LogP) is 28.8. The summed E-state index contributed by atoms with van der Waals surface area (Å²) >= 11 is 9.53. The Morgan fingerprint density at radius 3 is 0.892 bits per heavy atom. The van der Waals surface area contributed by atoms with Crippen LogP contribution in [0.5, 0.6) is 0 Å². The molecular formula is C122H136Cl2N8O6P2Si2Zn6+2. The molecule has 0 radical (unpaired) electrons. The second-order valence-corrected chi connectivity index (χ2v) is 58.4. The van der Waals surface area contributed by atoms with Crippen LogP contribution in [0.4, 0.5) is 0 Å². The molecule has 8 aliphatic heterocycles. The molecule has 8 aromatic carbocycles. The van der Waals surface area contributed by atoms with Crippen molar-refractivity contribution in [3.8, 4) is 44.5 Å². The minimum Gasteiger partial charge on any atom is -0.657 e. The van der Waals surface area contributed by atoms with Gasteiger partial charge in [0.05, 0.1) is 96.3 Å². The van der Waals surface area contributed by atoms with E-state index in [1.165, 1.54) is 111 Å². The first-order valence-corrected chi connectivity index (χ1v) is 60.7. The van der Waals surface area contributed by atoms with Crippen LogP contribution >= 0.6 is 38.4 Å². The Labute approximate surface area is 965 Å². The summed E-state index contributed by atoms with van der Waals surface area (Å²) in [6.45, 7) is 62.3.